The molecule has 1 fully saturated rings. The van der Waals surface area contributed by atoms with E-state index in [2.05, 4.69) is 34.1 Å². The Labute approximate surface area is 143 Å². The monoisotopic (exact) mass is 327 g/mol. The summed E-state index contributed by atoms with van der Waals surface area (Å²) in [5.41, 5.74) is 2.38. The lowest BCUT2D eigenvalue weighted by molar-refractivity contribution is -0.145. The molecule has 0 radical (unpaired) electrons. The SMILES string of the molecule is CCOC(=O)C[C@H]1CCCCN1Cc1ccc(-n2ccnc2)cc1. The molecule has 1 aromatic carbocycles. The summed E-state index contributed by atoms with van der Waals surface area (Å²) in [5.74, 6) is -0.0788. The number of rotatable bonds is 6. The molecule has 1 aliphatic heterocycles. The fourth-order valence-electron chi connectivity index (χ4n) is 3.33. The first kappa shape index (κ1) is 16.7. The third-order valence-corrected chi connectivity index (χ3v) is 4.58. The molecule has 3 rings (SSSR count). The van der Waals surface area contributed by atoms with Crippen molar-refractivity contribution in [3.05, 3.63) is 48.5 Å². The highest BCUT2D eigenvalue weighted by molar-refractivity contribution is 5.70. The standard InChI is InChI=1S/C19H25N3O2/c1-2-24-19(23)13-18-5-3-4-11-21(18)14-16-6-8-17(9-7-16)22-12-10-20-15-22/h6-10,12,15,18H,2-5,11,13-14H2,1H3/t18-/m1/s1. The zero-order valence-electron chi connectivity index (χ0n) is 14.2. The van der Waals surface area contributed by atoms with Crippen LogP contribution in [0.3, 0.4) is 0 Å². The predicted octanol–water partition coefficient (Wildman–Crippen LogP) is 3.18. The van der Waals surface area contributed by atoms with E-state index in [0.29, 0.717) is 19.1 Å². The summed E-state index contributed by atoms with van der Waals surface area (Å²) in [5, 5.41) is 0. The summed E-state index contributed by atoms with van der Waals surface area (Å²) in [6, 6.07) is 8.84. The zero-order chi connectivity index (χ0) is 16.8. The molecule has 1 saturated heterocycles. The Balaban J connectivity index is 1.63. The molecule has 0 spiro atoms. The second-order valence-corrected chi connectivity index (χ2v) is 6.27. The fraction of sp³-hybridized carbons (Fsp3) is 0.474. The van der Waals surface area contributed by atoms with E-state index < -0.39 is 0 Å². The molecule has 1 aliphatic rings. The van der Waals surface area contributed by atoms with Crippen molar-refractivity contribution in [2.24, 2.45) is 0 Å². The van der Waals surface area contributed by atoms with Crippen LogP contribution in [0.25, 0.3) is 5.69 Å². The molecule has 5 heteroatoms. The van der Waals surface area contributed by atoms with Crippen molar-refractivity contribution in [2.75, 3.05) is 13.2 Å². The lowest BCUT2D eigenvalue weighted by atomic mass is 9.98. The van der Waals surface area contributed by atoms with Gasteiger partial charge < -0.3 is 9.30 Å². The Morgan fingerprint density at radius 3 is 2.83 bits per heavy atom. The number of imidazole rings is 1. The van der Waals surface area contributed by atoms with Gasteiger partial charge in [0.15, 0.2) is 0 Å². The van der Waals surface area contributed by atoms with Gasteiger partial charge in [0, 0.05) is 30.7 Å². The summed E-state index contributed by atoms with van der Waals surface area (Å²) in [6.45, 7) is 4.25. The average Bonchev–Trinajstić information content (AvgIpc) is 3.12. The van der Waals surface area contributed by atoms with Crippen LogP contribution in [0.15, 0.2) is 43.0 Å². The number of likely N-dealkylation sites (tertiary alicyclic amines) is 1. The number of piperidine rings is 1. The van der Waals surface area contributed by atoms with Gasteiger partial charge in [-0.1, -0.05) is 18.6 Å². The summed E-state index contributed by atoms with van der Waals surface area (Å²) in [4.78, 5) is 18.3. The molecular weight excluding hydrogens is 302 g/mol. The number of ether oxygens (including phenoxy) is 1. The van der Waals surface area contributed by atoms with Crippen LogP contribution in [0.4, 0.5) is 0 Å². The van der Waals surface area contributed by atoms with Crippen molar-refractivity contribution in [1.29, 1.82) is 0 Å². The lowest BCUT2D eigenvalue weighted by Crippen LogP contribution is -2.40. The highest BCUT2D eigenvalue weighted by atomic mass is 16.5. The zero-order valence-corrected chi connectivity index (χ0v) is 14.2. The average molecular weight is 327 g/mol. The van der Waals surface area contributed by atoms with Gasteiger partial charge in [-0.15, -0.1) is 0 Å². The predicted molar refractivity (Wildman–Crippen MR) is 92.9 cm³/mol. The van der Waals surface area contributed by atoms with Gasteiger partial charge in [-0.05, 0) is 44.0 Å². The second kappa shape index (κ2) is 8.11. The molecule has 0 unspecified atom stereocenters. The first-order valence-corrected chi connectivity index (χ1v) is 8.73. The van der Waals surface area contributed by atoms with Gasteiger partial charge in [0.2, 0.25) is 0 Å². The highest BCUT2D eigenvalue weighted by Gasteiger charge is 2.25. The first-order chi connectivity index (χ1) is 11.8. The minimum absolute atomic E-state index is 0.0788. The molecule has 0 N–H and O–H groups in total. The Bertz CT molecular complexity index is 637. The molecule has 0 saturated carbocycles. The number of benzene rings is 1. The highest BCUT2D eigenvalue weighted by Crippen LogP contribution is 2.23. The van der Waals surface area contributed by atoms with Crippen LogP contribution in [0.2, 0.25) is 0 Å². The molecule has 128 valence electrons. The van der Waals surface area contributed by atoms with E-state index in [1.54, 1.807) is 12.5 Å². The van der Waals surface area contributed by atoms with Crippen molar-refractivity contribution in [2.45, 2.75) is 45.2 Å². The topological polar surface area (TPSA) is 47.4 Å². The summed E-state index contributed by atoms with van der Waals surface area (Å²) in [6.07, 6.45) is 9.49. The quantitative estimate of drug-likeness (QED) is 0.765. The number of hydrogen-bond acceptors (Lipinski definition) is 4. The molecule has 0 aliphatic carbocycles. The molecule has 24 heavy (non-hydrogen) atoms. The Morgan fingerprint density at radius 2 is 2.12 bits per heavy atom. The normalized spacial score (nSPS) is 18.5. The van der Waals surface area contributed by atoms with Crippen LogP contribution in [-0.4, -0.2) is 39.6 Å². The first-order valence-electron chi connectivity index (χ1n) is 8.73. The molecule has 0 amide bonds. The van der Waals surface area contributed by atoms with Gasteiger partial charge in [-0.3, -0.25) is 9.69 Å². The molecular formula is C19H25N3O2. The van der Waals surface area contributed by atoms with Gasteiger partial charge in [-0.25, -0.2) is 4.98 Å². The van der Waals surface area contributed by atoms with Gasteiger partial charge in [0.1, 0.15) is 0 Å². The van der Waals surface area contributed by atoms with Crippen LogP contribution in [0.5, 0.6) is 0 Å². The molecule has 2 heterocycles. The Kier molecular flexibility index (Phi) is 5.64. The summed E-state index contributed by atoms with van der Waals surface area (Å²) < 4.78 is 7.12. The maximum Gasteiger partial charge on any atom is 0.307 e. The maximum absolute atomic E-state index is 11.8. The number of carbonyl (C=O) groups is 1. The fourth-order valence-corrected chi connectivity index (χ4v) is 3.33. The summed E-state index contributed by atoms with van der Waals surface area (Å²) >= 11 is 0. The molecule has 1 atom stereocenters. The van der Waals surface area contributed by atoms with Gasteiger partial charge >= 0.3 is 5.97 Å². The van der Waals surface area contributed by atoms with Crippen LogP contribution >= 0.6 is 0 Å². The largest absolute Gasteiger partial charge is 0.466 e. The van der Waals surface area contributed by atoms with Gasteiger partial charge in [0.25, 0.3) is 0 Å². The lowest BCUT2D eigenvalue weighted by Gasteiger charge is -2.35. The van der Waals surface area contributed by atoms with E-state index in [1.807, 2.05) is 17.7 Å². The van der Waals surface area contributed by atoms with Crippen molar-refractivity contribution < 1.29 is 9.53 Å². The maximum atomic E-state index is 11.8. The Morgan fingerprint density at radius 1 is 1.29 bits per heavy atom. The molecule has 0 bridgehead atoms. The summed E-state index contributed by atoms with van der Waals surface area (Å²) in [7, 11) is 0. The number of hydrogen-bond donors (Lipinski definition) is 0. The van der Waals surface area contributed by atoms with E-state index in [0.717, 1.165) is 25.2 Å². The third-order valence-electron chi connectivity index (χ3n) is 4.58. The van der Waals surface area contributed by atoms with Crippen LogP contribution in [0, 0.1) is 0 Å². The molecule has 2 aromatic rings. The minimum Gasteiger partial charge on any atom is -0.466 e. The third kappa shape index (κ3) is 4.23. The van der Waals surface area contributed by atoms with E-state index >= 15 is 0 Å². The number of carbonyl (C=O) groups excluding carboxylic acids is 1. The van der Waals surface area contributed by atoms with E-state index in [4.69, 9.17) is 4.74 Å². The van der Waals surface area contributed by atoms with E-state index in [1.165, 1.54) is 18.4 Å². The molecule has 5 nitrogen and oxygen atoms in total. The van der Waals surface area contributed by atoms with Crippen LogP contribution in [0.1, 0.15) is 38.2 Å². The van der Waals surface area contributed by atoms with Gasteiger partial charge in [0.05, 0.1) is 19.4 Å². The van der Waals surface area contributed by atoms with Crippen molar-refractivity contribution in [3.8, 4) is 5.69 Å². The smallest absolute Gasteiger partial charge is 0.307 e. The van der Waals surface area contributed by atoms with Gasteiger partial charge in [-0.2, -0.15) is 0 Å². The van der Waals surface area contributed by atoms with E-state index in [9.17, 15) is 4.79 Å². The van der Waals surface area contributed by atoms with Crippen molar-refractivity contribution in [1.82, 2.24) is 14.5 Å². The van der Waals surface area contributed by atoms with Crippen LogP contribution < -0.4 is 0 Å². The Hall–Kier alpha value is -2.14. The van der Waals surface area contributed by atoms with Crippen LogP contribution in [-0.2, 0) is 16.1 Å². The number of aromatic nitrogens is 2. The molecule has 1 aromatic heterocycles. The number of nitrogens with zero attached hydrogens (tertiary/aromatic N) is 3. The number of esters is 1. The van der Waals surface area contributed by atoms with Crippen molar-refractivity contribution in [3.63, 3.8) is 0 Å². The van der Waals surface area contributed by atoms with E-state index in [-0.39, 0.29) is 5.97 Å². The minimum atomic E-state index is -0.0788. The van der Waals surface area contributed by atoms with Crippen molar-refractivity contribution >= 4 is 5.97 Å². The second-order valence-electron chi connectivity index (χ2n) is 6.27.